The maximum atomic E-state index is 4.49. The van der Waals surface area contributed by atoms with Gasteiger partial charge in [-0.1, -0.05) is 34.5 Å². The lowest BCUT2D eigenvalue weighted by Gasteiger charge is -2.43. The molecule has 0 spiro atoms. The van der Waals surface area contributed by atoms with E-state index < -0.39 is 0 Å². The minimum absolute atomic E-state index is 0.308. The Bertz CT molecular complexity index is 463. The third kappa shape index (κ3) is 2.78. The Morgan fingerprint density at radius 2 is 2.00 bits per heavy atom. The predicted octanol–water partition coefficient (Wildman–Crippen LogP) is 2.81. The molecule has 1 heterocycles. The SMILES string of the molecule is Brc1ccc(C2(CNC3=NCCCN3)CCC2)cc1. The number of hydrogen-bond acceptors (Lipinski definition) is 3. The van der Waals surface area contributed by atoms with Gasteiger partial charge in [-0.05, 0) is 37.0 Å². The quantitative estimate of drug-likeness (QED) is 0.898. The summed E-state index contributed by atoms with van der Waals surface area (Å²) in [5.74, 6) is 0.981. The number of halogens is 1. The molecule has 0 bridgehead atoms. The van der Waals surface area contributed by atoms with Gasteiger partial charge in [0, 0.05) is 29.5 Å². The molecular formula is C15H20BrN3. The summed E-state index contributed by atoms with van der Waals surface area (Å²) in [7, 11) is 0. The zero-order valence-electron chi connectivity index (χ0n) is 11.1. The van der Waals surface area contributed by atoms with E-state index >= 15 is 0 Å². The van der Waals surface area contributed by atoms with Crippen molar-refractivity contribution in [3.8, 4) is 0 Å². The maximum absolute atomic E-state index is 4.49. The highest BCUT2D eigenvalue weighted by molar-refractivity contribution is 9.10. The summed E-state index contributed by atoms with van der Waals surface area (Å²) in [5, 5.41) is 6.84. The summed E-state index contributed by atoms with van der Waals surface area (Å²) >= 11 is 3.51. The van der Waals surface area contributed by atoms with E-state index in [9.17, 15) is 0 Å². The molecule has 102 valence electrons. The van der Waals surface area contributed by atoms with Crippen molar-refractivity contribution in [3.05, 3.63) is 34.3 Å². The number of benzene rings is 1. The van der Waals surface area contributed by atoms with Crippen molar-refractivity contribution in [2.24, 2.45) is 4.99 Å². The van der Waals surface area contributed by atoms with Crippen molar-refractivity contribution in [3.63, 3.8) is 0 Å². The van der Waals surface area contributed by atoms with Crippen LogP contribution in [0.15, 0.2) is 33.7 Å². The Hall–Kier alpha value is -1.03. The minimum atomic E-state index is 0.308. The van der Waals surface area contributed by atoms with E-state index in [4.69, 9.17) is 0 Å². The number of nitrogens with one attached hydrogen (secondary N) is 2. The lowest BCUT2D eigenvalue weighted by molar-refractivity contribution is 0.243. The zero-order chi connectivity index (χ0) is 13.1. The highest BCUT2D eigenvalue weighted by Crippen LogP contribution is 2.43. The summed E-state index contributed by atoms with van der Waals surface area (Å²) < 4.78 is 1.15. The molecule has 3 rings (SSSR count). The second-order valence-electron chi connectivity index (χ2n) is 5.50. The monoisotopic (exact) mass is 321 g/mol. The molecule has 0 unspecified atom stereocenters. The lowest BCUT2D eigenvalue weighted by Crippen LogP contribution is -2.50. The summed E-state index contributed by atoms with van der Waals surface area (Å²) in [6.45, 7) is 2.97. The van der Waals surface area contributed by atoms with Crippen molar-refractivity contribution < 1.29 is 0 Å². The molecule has 0 saturated heterocycles. The van der Waals surface area contributed by atoms with Crippen molar-refractivity contribution >= 4 is 21.9 Å². The summed E-state index contributed by atoms with van der Waals surface area (Å²) in [6.07, 6.45) is 5.02. The molecule has 1 aromatic rings. The van der Waals surface area contributed by atoms with Crippen LogP contribution in [0.3, 0.4) is 0 Å². The Kier molecular flexibility index (Phi) is 3.78. The van der Waals surface area contributed by atoms with Gasteiger partial charge >= 0.3 is 0 Å². The van der Waals surface area contributed by atoms with Gasteiger partial charge in [0.1, 0.15) is 0 Å². The van der Waals surface area contributed by atoms with Gasteiger partial charge in [-0.25, -0.2) is 0 Å². The first-order chi connectivity index (χ1) is 9.28. The molecule has 2 aliphatic rings. The average molecular weight is 322 g/mol. The van der Waals surface area contributed by atoms with Crippen LogP contribution in [-0.2, 0) is 5.41 Å². The smallest absolute Gasteiger partial charge is 0.191 e. The van der Waals surface area contributed by atoms with Crippen LogP contribution in [0.4, 0.5) is 0 Å². The molecule has 2 N–H and O–H groups in total. The highest BCUT2D eigenvalue weighted by atomic mass is 79.9. The molecule has 1 fully saturated rings. The van der Waals surface area contributed by atoms with E-state index in [1.165, 1.54) is 24.8 Å². The molecule has 1 aliphatic carbocycles. The van der Waals surface area contributed by atoms with Gasteiger partial charge < -0.3 is 10.6 Å². The first-order valence-electron chi connectivity index (χ1n) is 7.07. The lowest BCUT2D eigenvalue weighted by atomic mass is 9.64. The molecule has 1 aromatic carbocycles. The fourth-order valence-electron chi connectivity index (χ4n) is 2.88. The standard InChI is InChI=1S/C15H20BrN3/c16-13-5-3-12(4-6-13)15(7-1-8-15)11-19-14-17-9-2-10-18-14/h3-6H,1-2,7-11H2,(H2,17,18,19). The topological polar surface area (TPSA) is 36.4 Å². The van der Waals surface area contributed by atoms with E-state index in [0.717, 1.165) is 36.5 Å². The van der Waals surface area contributed by atoms with Gasteiger partial charge in [0.05, 0.1) is 0 Å². The fraction of sp³-hybridized carbons (Fsp3) is 0.533. The molecule has 0 amide bonds. The fourth-order valence-corrected chi connectivity index (χ4v) is 3.14. The molecule has 0 aromatic heterocycles. The van der Waals surface area contributed by atoms with Crippen LogP contribution in [-0.4, -0.2) is 25.6 Å². The Balaban J connectivity index is 1.69. The molecule has 3 nitrogen and oxygen atoms in total. The van der Waals surface area contributed by atoms with Gasteiger partial charge in [0.25, 0.3) is 0 Å². The average Bonchev–Trinajstić information content (AvgIpc) is 2.41. The maximum Gasteiger partial charge on any atom is 0.191 e. The first kappa shape index (κ1) is 13.0. The van der Waals surface area contributed by atoms with E-state index in [1.807, 2.05) is 0 Å². The van der Waals surface area contributed by atoms with Crippen LogP contribution in [0.5, 0.6) is 0 Å². The molecule has 0 radical (unpaired) electrons. The number of hydrogen-bond donors (Lipinski definition) is 2. The van der Waals surface area contributed by atoms with Gasteiger partial charge in [-0.2, -0.15) is 0 Å². The Morgan fingerprint density at radius 3 is 2.58 bits per heavy atom. The second-order valence-corrected chi connectivity index (χ2v) is 6.42. The van der Waals surface area contributed by atoms with Gasteiger partial charge in [-0.3, -0.25) is 4.99 Å². The summed E-state index contributed by atoms with van der Waals surface area (Å²) in [4.78, 5) is 4.49. The number of guanidine groups is 1. The van der Waals surface area contributed by atoms with Crippen LogP contribution >= 0.6 is 15.9 Å². The predicted molar refractivity (Wildman–Crippen MR) is 82.6 cm³/mol. The van der Waals surface area contributed by atoms with E-state index in [2.05, 4.69) is 55.8 Å². The first-order valence-corrected chi connectivity index (χ1v) is 7.86. The number of aliphatic imine (C=N–C) groups is 1. The van der Waals surface area contributed by atoms with Crippen LogP contribution in [0.1, 0.15) is 31.2 Å². The molecule has 1 aliphatic heterocycles. The van der Waals surface area contributed by atoms with Crippen LogP contribution < -0.4 is 10.6 Å². The van der Waals surface area contributed by atoms with Gasteiger partial charge in [0.2, 0.25) is 0 Å². The van der Waals surface area contributed by atoms with Crippen molar-refractivity contribution in [1.29, 1.82) is 0 Å². The molecule has 0 atom stereocenters. The number of rotatable bonds is 3. The Morgan fingerprint density at radius 1 is 1.21 bits per heavy atom. The number of nitrogens with zero attached hydrogens (tertiary/aromatic N) is 1. The summed E-state index contributed by atoms with van der Waals surface area (Å²) in [5.41, 5.74) is 1.76. The zero-order valence-corrected chi connectivity index (χ0v) is 12.7. The van der Waals surface area contributed by atoms with Crippen molar-refractivity contribution in [2.45, 2.75) is 31.1 Å². The highest BCUT2D eigenvalue weighted by Gasteiger charge is 2.38. The van der Waals surface area contributed by atoms with E-state index in [0.29, 0.717) is 5.41 Å². The molecule has 19 heavy (non-hydrogen) atoms. The third-order valence-corrected chi connectivity index (χ3v) is 4.79. The molecular weight excluding hydrogens is 302 g/mol. The van der Waals surface area contributed by atoms with Crippen LogP contribution in [0.2, 0.25) is 0 Å². The van der Waals surface area contributed by atoms with Crippen molar-refractivity contribution in [1.82, 2.24) is 10.6 Å². The molecule has 1 saturated carbocycles. The van der Waals surface area contributed by atoms with Crippen molar-refractivity contribution in [2.75, 3.05) is 19.6 Å². The van der Waals surface area contributed by atoms with Crippen LogP contribution in [0, 0.1) is 0 Å². The molecule has 4 heteroatoms. The van der Waals surface area contributed by atoms with E-state index in [-0.39, 0.29) is 0 Å². The van der Waals surface area contributed by atoms with Gasteiger partial charge in [0.15, 0.2) is 5.96 Å². The Labute approximate surface area is 123 Å². The second kappa shape index (κ2) is 5.53. The minimum Gasteiger partial charge on any atom is -0.356 e. The van der Waals surface area contributed by atoms with Crippen LogP contribution in [0.25, 0.3) is 0 Å². The largest absolute Gasteiger partial charge is 0.356 e. The summed E-state index contributed by atoms with van der Waals surface area (Å²) in [6, 6.07) is 8.79. The normalized spacial score (nSPS) is 21.0. The van der Waals surface area contributed by atoms with Gasteiger partial charge in [-0.15, -0.1) is 0 Å². The van der Waals surface area contributed by atoms with E-state index in [1.54, 1.807) is 0 Å². The third-order valence-electron chi connectivity index (χ3n) is 4.26.